The van der Waals surface area contributed by atoms with Crippen LogP contribution in [-0.4, -0.2) is 28.1 Å². The van der Waals surface area contributed by atoms with Gasteiger partial charge in [0.1, 0.15) is 5.54 Å². The average Bonchev–Trinajstić information content (AvgIpc) is 2.60. The monoisotopic (exact) mass is 305 g/mol. The summed E-state index contributed by atoms with van der Waals surface area (Å²) in [5, 5.41) is 11.2. The Morgan fingerprint density at radius 2 is 2.25 bits per heavy atom. The van der Waals surface area contributed by atoms with Crippen molar-refractivity contribution in [3.8, 4) is 0 Å². The molecular formula is C11H16BrNO2S. The van der Waals surface area contributed by atoms with Crippen LogP contribution < -0.4 is 0 Å². The maximum absolute atomic E-state index is 11.2. The fourth-order valence-corrected chi connectivity index (χ4v) is 2.69. The summed E-state index contributed by atoms with van der Waals surface area (Å²) < 4.78 is 1.08. The number of thiophene rings is 1. The predicted molar refractivity (Wildman–Crippen MR) is 69.8 cm³/mol. The highest BCUT2D eigenvalue weighted by Gasteiger charge is 2.33. The van der Waals surface area contributed by atoms with E-state index in [0.29, 0.717) is 13.1 Å². The normalized spacial score (nSPS) is 12.1. The highest BCUT2D eigenvalue weighted by molar-refractivity contribution is 9.11. The first kappa shape index (κ1) is 13.7. The number of rotatable bonds is 5. The highest BCUT2D eigenvalue weighted by Crippen LogP contribution is 2.24. The second kappa shape index (κ2) is 5.29. The smallest absolute Gasteiger partial charge is 0.323 e. The molecule has 0 atom stereocenters. The van der Waals surface area contributed by atoms with E-state index < -0.39 is 11.5 Å². The molecule has 5 heteroatoms. The fraction of sp³-hybridized carbons (Fsp3) is 0.545. The number of hydrogen-bond acceptors (Lipinski definition) is 3. The third-order valence-electron chi connectivity index (χ3n) is 2.69. The van der Waals surface area contributed by atoms with Crippen LogP contribution in [0, 0.1) is 0 Å². The number of carboxylic acid groups (broad SMARTS) is 1. The average molecular weight is 306 g/mol. The predicted octanol–water partition coefficient (Wildman–Crippen LogP) is 3.20. The van der Waals surface area contributed by atoms with Gasteiger partial charge in [-0.3, -0.25) is 9.69 Å². The van der Waals surface area contributed by atoms with Crippen LogP contribution in [-0.2, 0) is 11.3 Å². The molecule has 0 aliphatic rings. The molecule has 90 valence electrons. The van der Waals surface area contributed by atoms with Gasteiger partial charge in [0.15, 0.2) is 0 Å². The molecule has 0 fully saturated rings. The molecule has 0 aromatic carbocycles. The minimum Gasteiger partial charge on any atom is -0.480 e. The van der Waals surface area contributed by atoms with Crippen LogP contribution in [0.5, 0.6) is 0 Å². The van der Waals surface area contributed by atoms with Gasteiger partial charge >= 0.3 is 5.97 Å². The molecule has 0 amide bonds. The van der Waals surface area contributed by atoms with Gasteiger partial charge in [-0.1, -0.05) is 6.92 Å². The van der Waals surface area contributed by atoms with Gasteiger partial charge in [-0.2, -0.15) is 0 Å². The summed E-state index contributed by atoms with van der Waals surface area (Å²) in [6.45, 7) is 6.83. The van der Waals surface area contributed by atoms with Gasteiger partial charge < -0.3 is 5.11 Å². The van der Waals surface area contributed by atoms with Crippen molar-refractivity contribution in [2.24, 2.45) is 0 Å². The van der Waals surface area contributed by atoms with Crippen molar-refractivity contribution >= 4 is 33.2 Å². The Morgan fingerprint density at radius 3 is 2.62 bits per heavy atom. The number of carboxylic acids is 1. The van der Waals surface area contributed by atoms with Crippen molar-refractivity contribution in [3.63, 3.8) is 0 Å². The molecule has 1 heterocycles. The number of nitrogens with zero attached hydrogens (tertiary/aromatic N) is 1. The number of likely N-dealkylation sites (N-methyl/N-ethyl adjacent to an activating group) is 1. The lowest BCUT2D eigenvalue weighted by Crippen LogP contribution is -2.49. The van der Waals surface area contributed by atoms with E-state index in [2.05, 4.69) is 15.9 Å². The molecular weight excluding hydrogens is 290 g/mol. The molecule has 3 nitrogen and oxygen atoms in total. The summed E-state index contributed by atoms with van der Waals surface area (Å²) in [6, 6.07) is 2.03. The minimum absolute atomic E-state index is 0.665. The van der Waals surface area contributed by atoms with Crippen LogP contribution >= 0.6 is 27.3 Å². The Labute approximate surface area is 108 Å². The summed E-state index contributed by atoms with van der Waals surface area (Å²) in [7, 11) is 0. The summed E-state index contributed by atoms with van der Waals surface area (Å²) in [5.74, 6) is -0.788. The van der Waals surface area contributed by atoms with E-state index in [4.69, 9.17) is 0 Å². The molecule has 16 heavy (non-hydrogen) atoms. The number of aliphatic carboxylic acids is 1. The molecule has 0 bridgehead atoms. The first-order chi connectivity index (χ1) is 7.37. The van der Waals surface area contributed by atoms with Crippen molar-refractivity contribution in [3.05, 3.63) is 20.8 Å². The fourth-order valence-electron chi connectivity index (χ4n) is 1.49. The second-order valence-electron chi connectivity index (χ2n) is 4.14. The van der Waals surface area contributed by atoms with E-state index in [1.807, 2.05) is 23.3 Å². The zero-order chi connectivity index (χ0) is 12.3. The molecule has 0 radical (unpaired) electrons. The first-order valence-corrected chi connectivity index (χ1v) is 6.76. The number of carbonyl (C=O) groups is 1. The van der Waals surface area contributed by atoms with Crippen LogP contribution in [0.3, 0.4) is 0 Å². The molecule has 1 aromatic rings. The Balaban J connectivity index is 2.80. The van der Waals surface area contributed by atoms with Crippen molar-refractivity contribution in [1.82, 2.24) is 4.90 Å². The third kappa shape index (κ3) is 3.06. The summed E-state index contributed by atoms with van der Waals surface area (Å²) in [6.07, 6.45) is 0. The van der Waals surface area contributed by atoms with Crippen LogP contribution in [0.2, 0.25) is 0 Å². The minimum atomic E-state index is -0.830. The maximum atomic E-state index is 11.2. The molecule has 0 aliphatic carbocycles. The lowest BCUT2D eigenvalue weighted by molar-refractivity contribution is -0.149. The van der Waals surface area contributed by atoms with Gasteiger partial charge in [0.2, 0.25) is 0 Å². The summed E-state index contributed by atoms with van der Waals surface area (Å²) in [4.78, 5) is 13.1. The first-order valence-electron chi connectivity index (χ1n) is 5.09. The van der Waals surface area contributed by atoms with E-state index in [0.717, 1.165) is 9.35 Å². The Kier molecular flexibility index (Phi) is 4.52. The molecule has 1 aromatic heterocycles. The highest BCUT2D eigenvalue weighted by atomic mass is 79.9. The van der Waals surface area contributed by atoms with Crippen LogP contribution in [0.25, 0.3) is 0 Å². The van der Waals surface area contributed by atoms with Gasteiger partial charge in [0.25, 0.3) is 0 Å². The molecule has 0 saturated heterocycles. The topological polar surface area (TPSA) is 40.5 Å². The van der Waals surface area contributed by atoms with Gasteiger partial charge in [-0.05, 0) is 53.3 Å². The molecule has 0 unspecified atom stereocenters. The zero-order valence-electron chi connectivity index (χ0n) is 9.66. The van der Waals surface area contributed by atoms with Crippen molar-refractivity contribution in [2.45, 2.75) is 32.9 Å². The Bertz CT molecular complexity index is 376. The largest absolute Gasteiger partial charge is 0.480 e. The summed E-state index contributed by atoms with van der Waals surface area (Å²) in [5.41, 5.74) is 0.316. The molecule has 1 rings (SSSR count). The third-order valence-corrected chi connectivity index (χ3v) is 4.24. The van der Waals surface area contributed by atoms with E-state index in [9.17, 15) is 9.90 Å². The molecule has 0 aliphatic heterocycles. The van der Waals surface area contributed by atoms with Crippen molar-refractivity contribution in [1.29, 1.82) is 0 Å². The van der Waals surface area contributed by atoms with E-state index in [1.54, 1.807) is 25.2 Å². The second-order valence-corrected chi connectivity index (χ2v) is 6.43. The van der Waals surface area contributed by atoms with Crippen LogP contribution in [0.1, 0.15) is 26.3 Å². The van der Waals surface area contributed by atoms with Crippen LogP contribution in [0.4, 0.5) is 0 Å². The standard InChI is InChI=1S/C11H16BrNO2S/c1-4-13(11(2,3)10(14)15)6-8-5-9(12)16-7-8/h5,7H,4,6H2,1-3H3,(H,14,15). The van der Waals surface area contributed by atoms with Crippen molar-refractivity contribution in [2.75, 3.05) is 6.54 Å². The van der Waals surface area contributed by atoms with Gasteiger partial charge in [0.05, 0.1) is 3.79 Å². The van der Waals surface area contributed by atoms with Gasteiger partial charge in [-0.25, -0.2) is 0 Å². The molecule has 1 N–H and O–H groups in total. The summed E-state index contributed by atoms with van der Waals surface area (Å²) >= 11 is 5.03. The lowest BCUT2D eigenvalue weighted by Gasteiger charge is -2.33. The van der Waals surface area contributed by atoms with Crippen LogP contribution in [0.15, 0.2) is 15.2 Å². The SMILES string of the molecule is CCN(Cc1csc(Br)c1)C(C)(C)C(=O)O. The van der Waals surface area contributed by atoms with E-state index in [-0.39, 0.29) is 0 Å². The van der Waals surface area contributed by atoms with E-state index >= 15 is 0 Å². The maximum Gasteiger partial charge on any atom is 0.323 e. The Morgan fingerprint density at radius 1 is 1.62 bits per heavy atom. The Hall–Kier alpha value is -0.390. The van der Waals surface area contributed by atoms with Crippen molar-refractivity contribution < 1.29 is 9.90 Å². The van der Waals surface area contributed by atoms with Gasteiger partial charge in [0, 0.05) is 6.54 Å². The molecule has 0 spiro atoms. The quantitative estimate of drug-likeness (QED) is 0.908. The van der Waals surface area contributed by atoms with E-state index in [1.165, 1.54) is 0 Å². The number of halogens is 1. The lowest BCUT2D eigenvalue weighted by atomic mass is 10.0. The molecule has 0 saturated carbocycles. The number of hydrogen-bond donors (Lipinski definition) is 1. The zero-order valence-corrected chi connectivity index (χ0v) is 12.1. The van der Waals surface area contributed by atoms with Gasteiger partial charge in [-0.15, -0.1) is 11.3 Å².